The van der Waals surface area contributed by atoms with Crippen molar-refractivity contribution in [1.82, 2.24) is 4.90 Å². The quantitative estimate of drug-likeness (QED) is 0.803. The van der Waals surface area contributed by atoms with Crippen LogP contribution in [0.4, 0.5) is 5.69 Å². The number of likely N-dealkylation sites (tertiary alicyclic amines) is 1. The molecule has 3 rings (SSSR count). The van der Waals surface area contributed by atoms with Crippen LogP contribution in [0.15, 0.2) is 24.3 Å². The number of nitrogens with two attached hydrogens (primary N) is 1. The van der Waals surface area contributed by atoms with Crippen LogP contribution in [0.25, 0.3) is 0 Å². The summed E-state index contributed by atoms with van der Waals surface area (Å²) in [6.45, 7) is 3.27. The van der Waals surface area contributed by atoms with Crippen molar-refractivity contribution in [3.05, 3.63) is 29.8 Å². The highest BCUT2D eigenvalue weighted by atomic mass is 32.1. The lowest BCUT2D eigenvalue weighted by Gasteiger charge is -2.37. The van der Waals surface area contributed by atoms with Gasteiger partial charge in [0.05, 0.1) is 19.8 Å². The SMILES string of the molecule is NC(=S)c1cccc(NC(=O)CN2CCC3(CC2)OCCO3)c1. The Labute approximate surface area is 140 Å². The number of amides is 1. The molecule has 0 unspecified atom stereocenters. The van der Waals surface area contributed by atoms with Crippen molar-refractivity contribution in [1.29, 1.82) is 0 Å². The van der Waals surface area contributed by atoms with Gasteiger partial charge in [-0.15, -0.1) is 0 Å². The Kier molecular flexibility index (Phi) is 4.91. The van der Waals surface area contributed by atoms with E-state index in [0.29, 0.717) is 30.4 Å². The predicted molar refractivity (Wildman–Crippen MR) is 91.3 cm³/mol. The molecule has 2 aliphatic rings. The first-order chi connectivity index (χ1) is 11.1. The van der Waals surface area contributed by atoms with Crippen LogP contribution in [-0.4, -0.2) is 54.4 Å². The van der Waals surface area contributed by atoms with E-state index in [2.05, 4.69) is 10.2 Å². The van der Waals surface area contributed by atoms with Gasteiger partial charge in [-0.1, -0.05) is 24.4 Å². The summed E-state index contributed by atoms with van der Waals surface area (Å²) in [7, 11) is 0. The molecule has 2 fully saturated rings. The maximum atomic E-state index is 12.2. The van der Waals surface area contributed by atoms with Crippen LogP contribution in [0.2, 0.25) is 0 Å². The van der Waals surface area contributed by atoms with Crippen molar-refractivity contribution in [2.45, 2.75) is 18.6 Å². The second-order valence-corrected chi connectivity index (χ2v) is 6.32. The molecular formula is C16H21N3O3S. The van der Waals surface area contributed by atoms with Gasteiger partial charge in [0.1, 0.15) is 4.99 Å². The van der Waals surface area contributed by atoms with Crippen LogP contribution in [0.5, 0.6) is 0 Å². The fourth-order valence-electron chi connectivity index (χ4n) is 2.99. The van der Waals surface area contributed by atoms with Gasteiger partial charge in [-0.05, 0) is 12.1 Å². The van der Waals surface area contributed by atoms with Crippen LogP contribution in [0, 0.1) is 0 Å². The summed E-state index contributed by atoms with van der Waals surface area (Å²) in [4.78, 5) is 14.6. The van der Waals surface area contributed by atoms with Crippen molar-refractivity contribution in [2.24, 2.45) is 5.73 Å². The van der Waals surface area contributed by atoms with Crippen LogP contribution in [0.3, 0.4) is 0 Å². The molecule has 0 radical (unpaired) electrons. The topological polar surface area (TPSA) is 76.8 Å². The third kappa shape index (κ3) is 4.06. The molecule has 6 nitrogen and oxygen atoms in total. The van der Waals surface area contributed by atoms with Crippen molar-refractivity contribution in [3.8, 4) is 0 Å². The first-order valence-electron chi connectivity index (χ1n) is 7.76. The fraction of sp³-hybridized carbons (Fsp3) is 0.500. The molecule has 0 aliphatic carbocycles. The lowest BCUT2D eigenvalue weighted by molar-refractivity contribution is -0.185. The molecule has 0 saturated carbocycles. The summed E-state index contributed by atoms with van der Waals surface area (Å²) in [5.41, 5.74) is 7.06. The Morgan fingerprint density at radius 3 is 2.65 bits per heavy atom. The molecular weight excluding hydrogens is 314 g/mol. The van der Waals surface area contributed by atoms with Crippen LogP contribution in [0.1, 0.15) is 18.4 Å². The third-order valence-electron chi connectivity index (χ3n) is 4.23. The van der Waals surface area contributed by atoms with E-state index in [1.54, 1.807) is 6.07 Å². The minimum atomic E-state index is -0.405. The van der Waals surface area contributed by atoms with E-state index in [9.17, 15) is 4.79 Å². The molecule has 1 aromatic carbocycles. The van der Waals surface area contributed by atoms with E-state index in [1.807, 2.05) is 18.2 Å². The number of hydrogen-bond donors (Lipinski definition) is 2. The average molecular weight is 335 g/mol. The number of hydrogen-bond acceptors (Lipinski definition) is 5. The monoisotopic (exact) mass is 335 g/mol. The molecule has 1 spiro atoms. The zero-order valence-corrected chi connectivity index (χ0v) is 13.7. The number of carbonyl (C=O) groups excluding carboxylic acids is 1. The zero-order chi connectivity index (χ0) is 16.3. The number of thiocarbonyl (C=S) groups is 1. The molecule has 0 bridgehead atoms. The Morgan fingerprint density at radius 2 is 2.00 bits per heavy atom. The lowest BCUT2D eigenvalue weighted by atomic mass is 10.0. The van der Waals surface area contributed by atoms with E-state index in [1.165, 1.54) is 0 Å². The number of ether oxygens (including phenoxy) is 2. The highest BCUT2D eigenvalue weighted by Crippen LogP contribution is 2.31. The van der Waals surface area contributed by atoms with Crippen molar-refractivity contribution in [2.75, 3.05) is 38.2 Å². The number of benzene rings is 1. The van der Waals surface area contributed by atoms with Gasteiger partial charge in [0.25, 0.3) is 0 Å². The van der Waals surface area contributed by atoms with Gasteiger partial charge in [-0.2, -0.15) is 0 Å². The third-order valence-corrected chi connectivity index (χ3v) is 4.47. The second-order valence-electron chi connectivity index (χ2n) is 5.88. The van der Waals surface area contributed by atoms with E-state index in [0.717, 1.165) is 31.5 Å². The molecule has 0 aromatic heterocycles. The van der Waals surface area contributed by atoms with Crippen LogP contribution >= 0.6 is 12.2 Å². The Balaban J connectivity index is 1.50. The number of anilines is 1. The minimum absolute atomic E-state index is 0.0469. The van der Waals surface area contributed by atoms with Crippen LogP contribution < -0.4 is 11.1 Å². The summed E-state index contributed by atoms with van der Waals surface area (Å²) in [5.74, 6) is -0.452. The molecule has 3 N–H and O–H groups in total. The summed E-state index contributed by atoms with van der Waals surface area (Å²) in [6, 6.07) is 7.25. The first kappa shape index (κ1) is 16.3. The van der Waals surface area contributed by atoms with Gasteiger partial charge in [-0.25, -0.2) is 0 Å². The molecule has 2 aliphatic heterocycles. The van der Waals surface area contributed by atoms with Gasteiger partial charge < -0.3 is 20.5 Å². The lowest BCUT2D eigenvalue weighted by Crippen LogP contribution is -2.47. The average Bonchev–Trinajstić information content (AvgIpc) is 2.98. The number of carbonyl (C=O) groups is 1. The van der Waals surface area contributed by atoms with E-state index in [-0.39, 0.29) is 5.91 Å². The Bertz CT molecular complexity index is 592. The molecule has 124 valence electrons. The summed E-state index contributed by atoms with van der Waals surface area (Å²) in [5, 5.41) is 2.89. The standard InChI is InChI=1S/C16H21N3O3S/c17-15(23)12-2-1-3-13(10-12)18-14(20)11-19-6-4-16(5-7-19)21-8-9-22-16/h1-3,10H,4-9,11H2,(H2,17,23)(H,18,20). The second kappa shape index (κ2) is 6.92. The first-order valence-corrected chi connectivity index (χ1v) is 8.17. The van der Waals surface area contributed by atoms with E-state index in [4.69, 9.17) is 27.4 Å². The largest absolute Gasteiger partial charge is 0.389 e. The highest BCUT2D eigenvalue weighted by Gasteiger charge is 2.39. The van der Waals surface area contributed by atoms with Gasteiger partial charge in [0, 0.05) is 37.2 Å². The molecule has 2 heterocycles. The number of piperidine rings is 1. The normalized spacial score (nSPS) is 20.5. The molecule has 23 heavy (non-hydrogen) atoms. The number of nitrogens with one attached hydrogen (secondary N) is 1. The maximum Gasteiger partial charge on any atom is 0.238 e. The number of rotatable bonds is 4. The van der Waals surface area contributed by atoms with E-state index < -0.39 is 5.79 Å². The van der Waals surface area contributed by atoms with Gasteiger partial charge in [-0.3, -0.25) is 9.69 Å². The van der Waals surface area contributed by atoms with Crippen LogP contribution in [-0.2, 0) is 14.3 Å². The van der Waals surface area contributed by atoms with Crippen molar-refractivity contribution in [3.63, 3.8) is 0 Å². The molecule has 1 amide bonds. The smallest absolute Gasteiger partial charge is 0.238 e. The van der Waals surface area contributed by atoms with Crippen molar-refractivity contribution >= 4 is 28.8 Å². The summed E-state index contributed by atoms with van der Waals surface area (Å²) >= 11 is 4.95. The predicted octanol–water partition coefficient (Wildman–Crippen LogP) is 1.10. The van der Waals surface area contributed by atoms with Gasteiger partial charge in [0.15, 0.2) is 5.79 Å². The molecule has 7 heteroatoms. The Hall–Kier alpha value is -1.54. The molecule has 1 aromatic rings. The summed E-state index contributed by atoms with van der Waals surface area (Å²) in [6.07, 6.45) is 1.61. The summed E-state index contributed by atoms with van der Waals surface area (Å²) < 4.78 is 11.4. The van der Waals surface area contributed by atoms with Crippen molar-refractivity contribution < 1.29 is 14.3 Å². The minimum Gasteiger partial charge on any atom is -0.389 e. The molecule has 0 atom stereocenters. The fourth-order valence-corrected chi connectivity index (χ4v) is 3.12. The number of nitrogens with zero attached hydrogens (tertiary/aromatic N) is 1. The van der Waals surface area contributed by atoms with Gasteiger partial charge in [0.2, 0.25) is 5.91 Å². The zero-order valence-electron chi connectivity index (χ0n) is 12.9. The maximum absolute atomic E-state index is 12.2. The Morgan fingerprint density at radius 1 is 1.30 bits per heavy atom. The van der Waals surface area contributed by atoms with Gasteiger partial charge >= 0.3 is 0 Å². The van der Waals surface area contributed by atoms with E-state index >= 15 is 0 Å². The highest BCUT2D eigenvalue weighted by molar-refractivity contribution is 7.80. The molecule has 2 saturated heterocycles.